The lowest BCUT2D eigenvalue weighted by Crippen LogP contribution is -2.48. The maximum absolute atomic E-state index is 6.45. The maximum Gasteiger partial charge on any atom is 0.104 e. The molecule has 5 rings (SSSR count). The van der Waals surface area contributed by atoms with Crippen molar-refractivity contribution in [3.05, 3.63) is 69.2 Å². The van der Waals surface area contributed by atoms with Crippen LogP contribution in [-0.2, 0) is 21.5 Å². The zero-order chi connectivity index (χ0) is 16.4. The van der Waals surface area contributed by atoms with Gasteiger partial charge >= 0.3 is 0 Å². The van der Waals surface area contributed by atoms with E-state index in [1.54, 1.807) is 6.07 Å². The Kier molecular flexibility index (Phi) is 3.31. The van der Waals surface area contributed by atoms with Crippen LogP contribution in [0, 0.1) is 5.41 Å². The summed E-state index contributed by atoms with van der Waals surface area (Å²) in [6.07, 6.45) is 2.85. The largest absolute Gasteiger partial charge is 0.373 e. The monoisotopic (exact) mass is 360 g/mol. The molecule has 124 valence electrons. The maximum atomic E-state index is 6.45. The van der Waals surface area contributed by atoms with Crippen LogP contribution in [0.2, 0.25) is 10.0 Å². The number of benzene rings is 2. The lowest BCUT2D eigenvalue weighted by molar-refractivity contribution is -0.175. The predicted molar refractivity (Wildman–Crippen MR) is 94.6 cm³/mol. The molecule has 24 heavy (non-hydrogen) atoms. The van der Waals surface area contributed by atoms with Crippen molar-refractivity contribution >= 4 is 23.2 Å². The molecule has 3 aliphatic rings. The molecule has 0 unspecified atom stereocenters. The SMILES string of the molecule is Clc1ccc([C@@H]2C[C@]34OCC[C@@]3(CO2)Cc2ccccc24)c(Cl)c1. The predicted octanol–water partition coefficient (Wildman–Crippen LogP) is 5.31. The summed E-state index contributed by atoms with van der Waals surface area (Å²) >= 11 is 12.5. The molecule has 2 aliphatic heterocycles. The van der Waals surface area contributed by atoms with Gasteiger partial charge in [-0.05, 0) is 41.7 Å². The van der Waals surface area contributed by atoms with Gasteiger partial charge in [0.05, 0.1) is 12.7 Å². The molecule has 2 aromatic rings. The number of halogens is 2. The van der Waals surface area contributed by atoms with Crippen molar-refractivity contribution in [3.63, 3.8) is 0 Å². The van der Waals surface area contributed by atoms with Gasteiger partial charge in [0.1, 0.15) is 5.60 Å². The average molecular weight is 361 g/mol. The summed E-state index contributed by atoms with van der Waals surface area (Å²) < 4.78 is 12.8. The van der Waals surface area contributed by atoms with Gasteiger partial charge in [-0.3, -0.25) is 0 Å². The summed E-state index contributed by atoms with van der Waals surface area (Å²) in [6.45, 7) is 1.52. The Bertz CT molecular complexity index is 821. The van der Waals surface area contributed by atoms with Gasteiger partial charge in [-0.25, -0.2) is 0 Å². The molecule has 2 heterocycles. The molecule has 1 aliphatic carbocycles. The topological polar surface area (TPSA) is 18.5 Å². The van der Waals surface area contributed by atoms with E-state index in [1.165, 1.54) is 11.1 Å². The smallest absolute Gasteiger partial charge is 0.104 e. The number of rotatable bonds is 1. The van der Waals surface area contributed by atoms with Crippen molar-refractivity contribution < 1.29 is 9.47 Å². The summed E-state index contributed by atoms with van der Waals surface area (Å²) in [7, 11) is 0. The molecule has 0 N–H and O–H groups in total. The van der Waals surface area contributed by atoms with Crippen molar-refractivity contribution in [2.45, 2.75) is 31.0 Å². The van der Waals surface area contributed by atoms with Crippen molar-refractivity contribution in [3.8, 4) is 0 Å². The van der Waals surface area contributed by atoms with Crippen LogP contribution >= 0.6 is 23.2 Å². The first-order chi connectivity index (χ1) is 11.6. The Morgan fingerprint density at radius 2 is 1.96 bits per heavy atom. The molecule has 0 amide bonds. The van der Waals surface area contributed by atoms with E-state index in [1.807, 2.05) is 12.1 Å². The first kappa shape index (κ1) is 15.2. The fourth-order valence-corrected chi connectivity index (χ4v) is 5.50. The third-order valence-corrected chi connectivity index (χ3v) is 6.67. The van der Waals surface area contributed by atoms with Crippen molar-refractivity contribution in [1.82, 2.24) is 0 Å². The Labute approximate surface area is 151 Å². The molecule has 4 heteroatoms. The van der Waals surface area contributed by atoms with Gasteiger partial charge < -0.3 is 9.47 Å². The third-order valence-electron chi connectivity index (χ3n) is 6.11. The van der Waals surface area contributed by atoms with E-state index in [4.69, 9.17) is 32.7 Å². The second kappa shape index (κ2) is 5.22. The minimum atomic E-state index is -0.241. The van der Waals surface area contributed by atoms with Crippen LogP contribution in [0.25, 0.3) is 0 Å². The normalized spacial score (nSPS) is 33.8. The molecule has 2 saturated heterocycles. The van der Waals surface area contributed by atoms with Crippen molar-refractivity contribution in [2.75, 3.05) is 13.2 Å². The first-order valence-corrected chi connectivity index (χ1v) is 9.18. The van der Waals surface area contributed by atoms with Gasteiger partial charge in [0.25, 0.3) is 0 Å². The van der Waals surface area contributed by atoms with E-state index in [2.05, 4.69) is 24.3 Å². The molecule has 0 aromatic heterocycles. The molecule has 3 atom stereocenters. The Morgan fingerprint density at radius 3 is 2.83 bits per heavy atom. The number of fused-ring (bicyclic) bond motifs is 1. The van der Waals surface area contributed by atoms with Crippen molar-refractivity contribution in [2.24, 2.45) is 5.41 Å². The summed E-state index contributed by atoms with van der Waals surface area (Å²) in [6, 6.07) is 14.3. The fourth-order valence-electron chi connectivity index (χ4n) is 4.97. The fraction of sp³-hybridized carbons (Fsp3) is 0.400. The number of hydrogen-bond acceptors (Lipinski definition) is 2. The van der Waals surface area contributed by atoms with Gasteiger partial charge in [-0.15, -0.1) is 0 Å². The van der Waals surface area contributed by atoms with Gasteiger partial charge in [0.2, 0.25) is 0 Å². The molecule has 0 bridgehead atoms. The van der Waals surface area contributed by atoms with E-state index in [0.717, 1.165) is 31.4 Å². The lowest BCUT2D eigenvalue weighted by Gasteiger charge is -2.46. The summed E-state index contributed by atoms with van der Waals surface area (Å²) in [5.74, 6) is 0. The van der Waals surface area contributed by atoms with Crippen LogP contribution in [0.4, 0.5) is 0 Å². The Morgan fingerprint density at radius 1 is 1.08 bits per heavy atom. The van der Waals surface area contributed by atoms with E-state index in [9.17, 15) is 0 Å². The van der Waals surface area contributed by atoms with Crippen LogP contribution in [0.5, 0.6) is 0 Å². The molecule has 2 fully saturated rings. The van der Waals surface area contributed by atoms with Gasteiger partial charge in [-0.2, -0.15) is 0 Å². The third kappa shape index (κ3) is 1.91. The highest BCUT2D eigenvalue weighted by atomic mass is 35.5. The van der Waals surface area contributed by atoms with Crippen molar-refractivity contribution in [1.29, 1.82) is 0 Å². The van der Waals surface area contributed by atoms with E-state index in [0.29, 0.717) is 16.7 Å². The van der Waals surface area contributed by atoms with Crippen LogP contribution < -0.4 is 0 Å². The molecule has 2 nitrogen and oxygen atoms in total. The molecule has 0 spiro atoms. The number of ether oxygens (including phenoxy) is 2. The standard InChI is InChI=1S/C20H18Cl2O2/c21-14-5-6-15(17(22)9-14)18-11-20-16-4-2-1-3-13(16)10-19(20,12-23-18)7-8-24-20/h1-6,9,18H,7-8,10-12H2/t18-,19-,20+/m0/s1. The zero-order valence-corrected chi connectivity index (χ0v) is 14.7. The Hall–Kier alpha value is -1.06. The highest BCUT2D eigenvalue weighted by molar-refractivity contribution is 6.35. The molecule has 2 aromatic carbocycles. The highest BCUT2D eigenvalue weighted by Gasteiger charge is 2.64. The molecule has 0 saturated carbocycles. The van der Waals surface area contributed by atoms with E-state index >= 15 is 0 Å². The van der Waals surface area contributed by atoms with Gasteiger partial charge in [0, 0.05) is 28.5 Å². The molecular weight excluding hydrogens is 343 g/mol. The quantitative estimate of drug-likeness (QED) is 0.685. The average Bonchev–Trinajstić information content (AvgIpc) is 3.06. The van der Waals surface area contributed by atoms with Gasteiger partial charge in [-0.1, -0.05) is 53.5 Å². The van der Waals surface area contributed by atoms with E-state index < -0.39 is 0 Å². The summed E-state index contributed by atoms with van der Waals surface area (Å²) in [5, 5.41) is 1.32. The van der Waals surface area contributed by atoms with Crippen LogP contribution in [-0.4, -0.2) is 13.2 Å². The molecular formula is C20H18Cl2O2. The zero-order valence-electron chi connectivity index (χ0n) is 13.2. The van der Waals surface area contributed by atoms with Crippen LogP contribution in [0.3, 0.4) is 0 Å². The summed E-state index contributed by atoms with van der Waals surface area (Å²) in [5.41, 5.74) is 3.59. The minimum Gasteiger partial charge on any atom is -0.373 e. The first-order valence-electron chi connectivity index (χ1n) is 8.43. The Balaban J connectivity index is 1.60. The summed E-state index contributed by atoms with van der Waals surface area (Å²) in [4.78, 5) is 0. The van der Waals surface area contributed by atoms with Crippen LogP contribution in [0.1, 0.15) is 35.6 Å². The number of hydrogen-bond donors (Lipinski definition) is 0. The second-order valence-electron chi connectivity index (χ2n) is 7.21. The lowest BCUT2D eigenvalue weighted by atomic mass is 9.68. The van der Waals surface area contributed by atoms with E-state index in [-0.39, 0.29) is 17.1 Å². The van der Waals surface area contributed by atoms with Crippen LogP contribution in [0.15, 0.2) is 42.5 Å². The second-order valence-corrected chi connectivity index (χ2v) is 8.05. The van der Waals surface area contributed by atoms with Gasteiger partial charge in [0.15, 0.2) is 0 Å². The molecule has 0 radical (unpaired) electrons. The highest BCUT2D eigenvalue weighted by Crippen LogP contribution is 2.64. The minimum absolute atomic E-state index is 0.0628.